The summed E-state index contributed by atoms with van der Waals surface area (Å²) in [7, 11) is 1.84. The Morgan fingerprint density at radius 1 is 1.44 bits per heavy atom. The van der Waals surface area contributed by atoms with Crippen LogP contribution in [0.5, 0.6) is 0 Å². The van der Waals surface area contributed by atoms with E-state index in [0.29, 0.717) is 17.5 Å². The molecular formula is C17H19N5O2S. The lowest BCUT2D eigenvalue weighted by Crippen LogP contribution is -2.32. The van der Waals surface area contributed by atoms with Crippen LogP contribution in [0, 0.1) is 6.92 Å². The van der Waals surface area contributed by atoms with Gasteiger partial charge in [-0.1, -0.05) is 11.2 Å². The third-order valence-corrected chi connectivity index (χ3v) is 4.64. The van der Waals surface area contributed by atoms with Gasteiger partial charge in [-0.2, -0.15) is 4.98 Å². The van der Waals surface area contributed by atoms with Crippen LogP contribution >= 0.6 is 11.3 Å². The van der Waals surface area contributed by atoms with Crippen LogP contribution in [-0.2, 0) is 4.79 Å². The molecule has 0 radical (unpaired) electrons. The first kappa shape index (κ1) is 17.2. The molecule has 0 spiro atoms. The zero-order chi connectivity index (χ0) is 17.8. The summed E-state index contributed by atoms with van der Waals surface area (Å²) in [6.45, 7) is 4.06. The number of carbonyl (C=O) groups excluding carboxylic acids is 1. The summed E-state index contributed by atoms with van der Waals surface area (Å²) in [5.41, 5.74) is 1.04. The molecule has 0 aliphatic carbocycles. The van der Waals surface area contributed by atoms with Crippen LogP contribution in [0.3, 0.4) is 0 Å². The highest BCUT2D eigenvalue weighted by molar-refractivity contribution is 7.13. The largest absolute Gasteiger partial charge is 0.337 e. The van der Waals surface area contributed by atoms with E-state index < -0.39 is 0 Å². The van der Waals surface area contributed by atoms with Crippen molar-refractivity contribution in [3.8, 4) is 10.7 Å². The minimum atomic E-state index is -0.183. The van der Waals surface area contributed by atoms with Crippen molar-refractivity contribution >= 4 is 23.1 Å². The molecule has 1 N–H and O–H groups in total. The summed E-state index contributed by atoms with van der Waals surface area (Å²) in [6.07, 6.45) is 1.67. The van der Waals surface area contributed by atoms with E-state index in [-0.39, 0.29) is 18.5 Å². The van der Waals surface area contributed by atoms with Crippen molar-refractivity contribution < 1.29 is 9.32 Å². The molecule has 0 aromatic carbocycles. The molecule has 3 rings (SSSR count). The Morgan fingerprint density at radius 2 is 2.28 bits per heavy atom. The highest BCUT2D eigenvalue weighted by Crippen LogP contribution is 2.24. The molecule has 8 heteroatoms. The molecule has 0 fully saturated rings. The fraction of sp³-hybridized carbons (Fsp3) is 0.294. The van der Waals surface area contributed by atoms with Crippen molar-refractivity contribution in [1.82, 2.24) is 20.0 Å². The Morgan fingerprint density at radius 3 is 3.00 bits per heavy atom. The molecule has 25 heavy (non-hydrogen) atoms. The van der Waals surface area contributed by atoms with Crippen molar-refractivity contribution in [2.75, 3.05) is 18.9 Å². The molecule has 0 bridgehead atoms. The number of carbonyl (C=O) groups is 1. The fourth-order valence-corrected chi connectivity index (χ4v) is 2.90. The minimum Gasteiger partial charge on any atom is -0.337 e. The number of nitrogens with one attached hydrogen (secondary N) is 1. The van der Waals surface area contributed by atoms with E-state index >= 15 is 0 Å². The topological polar surface area (TPSA) is 84.2 Å². The van der Waals surface area contributed by atoms with Crippen molar-refractivity contribution in [2.45, 2.75) is 19.9 Å². The number of anilines is 1. The second kappa shape index (κ2) is 7.54. The van der Waals surface area contributed by atoms with Gasteiger partial charge in [0.1, 0.15) is 5.82 Å². The summed E-state index contributed by atoms with van der Waals surface area (Å²) in [5.74, 6) is 1.44. The monoisotopic (exact) mass is 357 g/mol. The highest BCUT2D eigenvalue weighted by atomic mass is 32.1. The Hall–Kier alpha value is -2.58. The van der Waals surface area contributed by atoms with Crippen molar-refractivity contribution in [3.05, 3.63) is 47.3 Å². The maximum absolute atomic E-state index is 12.2. The summed E-state index contributed by atoms with van der Waals surface area (Å²) < 4.78 is 5.35. The van der Waals surface area contributed by atoms with Gasteiger partial charge in [-0.05, 0) is 50.0 Å². The zero-order valence-electron chi connectivity index (χ0n) is 14.3. The predicted octanol–water partition coefficient (Wildman–Crippen LogP) is 3.13. The first-order valence-corrected chi connectivity index (χ1v) is 8.71. The van der Waals surface area contributed by atoms with Crippen LogP contribution in [0.4, 0.5) is 5.82 Å². The molecule has 1 unspecified atom stereocenters. The van der Waals surface area contributed by atoms with Gasteiger partial charge >= 0.3 is 0 Å². The molecule has 0 aliphatic rings. The van der Waals surface area contributed by atoms with E-state index in [0.717, 1.165) is 10.4 Å². The van der Waals surface area contributed by atoms with Crippen LogP contribution in [0.15, 0.2) is 40.4 Å². The molecule has 7 nitrogen and oxygen atoms in total. The van der Waals surface area contributed by atoms with Gasteiger partial charge in [0.2, 0.25) is 17.6 Å². The number of aromatic nitrogens is 3. The van der Waals surface area contributed by atoms with Gasteiger partial charge in [0, 0.05) is 6.20 Å². The van der Waals surface area contributed by atoms with Crippen molar-refractivity contribution in [2.24, 2.45) is 0 Å². The minimum absolute atomic E-state index is 0.148. The number of pyridine rings is 1. The summed E-state index contributed by atoms with van der Waals surface area (Å²) >= 11 is 1.55. The summed E-state index contributed by atoms with van der Waals surface area (Å²) in [5, 5.41) is 8.76. The molecule has 1 amide bonds. The van der Waals surface area contributed by atoms with Crippen LogP contribution in [0.2, 0.25) is 0 Å². The lowest BCUT2D eigenvalue weighted by atomic mass is 10.3. The Kier molecular flexibility index (Phi) is 5.20. The molecule has 0 saturated carbocycles. The maximum Gasteiger partial charge on any atom is 0.244 e. The Balaban J connectivity index is 1.60. The quantitative estimate of drug-likeness (QED) is 0.730. The Bertz CT molecular complexity index is 846. The number of nitrogens with zero attached hydrogens (tertiary/aromatic N) is 4. The van der Waals surface area contributed by atoms with Gasteiger partial charge in [-0.15, -0.1) is 11.3 Å². The smallest absolute Gasteiger partial charge is 0.244 e. The Labute approximate surface area is 149 Å². The molecular weight excluding hydrogens is 338 g/mol. The number of rotatable bonds is 6. The van der Waals surface area contributed by atoms with E-state index in [9.17, 15) is 4.79 Å². The van der Waals surface area contributed by atoms with Gasteiger partial charge in [0.15, 0.2) is 0 Å². The molecule has 1 atom stereocenters. The molecule has 3 aromatic rings. The number of likely N-dealkylation sites (N-methyl/N-ethyl adjacent to an activating group) is 1. The first-order chi connectivity index (χ1) is 12.0. The first-order valence-electron chi connectivity index (χ1n) is 7.83. The number of hydrogen-bond acceptors (Lipinski definition) is 7. The second-order valence-corrected chi connectivity index (χ2v) is 6.74. The van der Waals surface area contributed by atoms with E-state index in [1.54, 1.807) is 17.5 Å². The second-order valence-electron chi connectivity index (χ2n) is 5.79. The molecule has 3 aromatic heterocycles. The van der Waals surface area contributed by atoms with E-state index in [1.807, 2.05) is 55.4 Å². The lowest BCUT2D eigenvalue weighted by molar-refractivity contribution is -0.117. The van der Waals surface area contributed by atoms with E-state index in [1.165, 1.54) is 0 Å². The van der Waals surface area contributed by atoms with Crippen molar-refractivity contribution in [3.63, 3.8) is 0 Å². The average Bonchev–Trinajstić information content (AvgIpc) is 3.25. The van der Waals surface area contributed by atoms with Gasteiger partial charge < -0.3 is 9.84 Å². The molecule has 3 heterocycles. The SMILES string of the molecule is Cc1ccnc(NC(=O)CN(C)C(C)c2nc(-c3cccs3)no2)c1. The third-order valence-electron chi connectivity index (χ3n) is 3.78. The number of thiophene rings is 1. The predicted molar refractivity (Wildman–Crippen MR) is 96.3 cm³/mol. The molecule has 0 aliphatic heterocycles. The van der Waals surface area contributed by atoms with Crippen LogP contribution in [0.25, 0.3) is 10.7 Å². The van der Waals surface area contributed by atoms with Gasteiger partial charge in [-0.25, -0.2) is 4.98 Å². The van der Waals surface area contributed by atoms with Gasteiger partial charge in [0.05, 0.1) is 17.5 Å². The average molecular weight is 357 g/mol. The number of hydrogen-bond donors (Lipinski definition) is 1. The maximum atomic E-state index is 12.2. The zero-order valence-corrected chi connectivity index (χ0v) is 15.1. The number of aryl methyl sites for hydroxylation is 1. The molecule has 0 saturated heterocycles. The van der Waals surface area contributed by atoms with E-state index in [2.05, 4.69) is 20.4 Å². The summed E-state index contributed by atoms with van der Waals surface area (Å²) in [4.78, 5) is 23.6. The normalized spacial score (nSPS) is 12.3. The van der Waals surface area contributed by atoms with E-state index in [4.69, 9.17) is 4.52 Å². The highest BCUT2D eigenvalue weighted by Gasteiger charge is 2.21. The van der Waals surface area contributed by atoms with Crippen LogP contribution < -0.4 is 5.32 Å². The van der Waals surface area contributed by atoms with Crippen LogP contribution in [-0.4, -0.2) is 39.5 Å². The standard InChI is InChI=1S/C17H19N5O2S/c1-11-6-7-18-14(9-11)19-15(23)10-22(3)12(2)17-20-16(21-24-17)13-5-4-8-25-13/h4-9,12H,10H2,1-3H3,(H,18,19,23). The summed E-state index contributed by atoms with van der Waals surface area (Å²) in [6, 6.07) is 7.40. The molecule has 130 valence electrons. The lowest BCUT2D eigenvalue weighted by Gasteiger charge is -2.20. The third kappa shape index (κ3) is 4.28. The fourth-order valence-electron chi connectivity index (χ4n) is 2.25. The van der Waals surface area contributed by atoms with Gasteiger partial charge in [-0.3, -0.25) is 9.69 Å². The van der Waals surface area contributed by atoms with Gasteiger partial charge in [0.25, 0.3) is 0 Å². The van der Waals surface area contributed by atoms with Crippen molar-refractivity contribution in [1.29, 1.82) is 0 Å². The number of amides is 1. The van der Waals surface area contributed by atoms with Crippen LogP contribution in [0.1, 0.15) is 24.4 Å².